The number of hydrogen-bond donors (Lipinski definition) is 4. The number of carboxylic acid groups (broad SMARTS) is 2. The van der Waals surface area contributed by atoms with E-state index in [1.807, 2.05) is 0 Å². The minimum atomic E-state index is -1.10. The molecule has 0 atom stereocenters. The lowest BCUT2D eigenvalue weighted by atomic mass is 10.1. The molecule has 0 aliphatic heterocycles. The van der Waals surface area contributed by atoms with Crippen molar-refractivity contribution in [1.82, 2.24) is 0 Å². The Morgan fingerprint density at radius 2 is 1.00 bits per heavy atom. The van der Waals surface area contributed by atoms with Gasteiger partial charge in [-0.25, -0.2) is 9.59 Å². The van der Waals surface area contributed by atoms with Crippen LogP contribution in [-0.4, -0.2) is 38.7 Å². The maximum absolute atomic E-state index is 9.60. The lowest BCUT2D eigenvalue weighted by Crippen LogP contribution is -2.02. The molecule has 0 heterocycles. The Morgan fingerprint density at radius 3 is 1.23 bits per heavy atom. The zero-order valence-corrected chi connectivity index (χ0v) is 16.7. The molecule has 0 saturated carbocycles. The first-order valence-electron chi connectivity index (χ1n) is 9.19. The molecule has 0 aliphatic carbocycles. The van der Waals surface area contributed by atoms with Crippen LogP contribution in [0, 0.1) is 0 Å². The van der Waals surface area contributed by atoms with E-state index in [1.165, 1.54) is 58.8 Å². The van der Waals surface area contributed by atoms with Crippen molar-refractivity contribution in [3.05, 3.63) is 24.3 Å². The largest absolute Gasteiger partial charge is 0.478 e. The van der Waals surface area contributed by atoms with E-state index in [0.717, 1.165) is 12.8 Å². The van der Waals surface area contributed by atoms with Crippen molar-refractivity contribution < 1.29 is 30.0 Å². The molecule has 6 nitrogen and oxygen atoms in total. The number of aliphatic hydroxyl groups is 2. The van der Waals surface area contributed by atoms with E-state index in [4.69, 9.17) is 20.4 Å². The van der Waals surface area contributed by atoms with E-state index < -0.39 is 18.2 Å². The van der Waals surface area contributed by atoms with Gasteiger partial charge in [0.2, 0.25) is 0 Å². The van der Waals surface area contributed by atoms with Crippen LogP contribution < -0.4 is 0 Å². The third-order valence-corrected chi connectivity index (χ3v) is 3.30. The summed E-state index contributed by atoms with van der Waals surface area (Å²) in [5, 5.41) is 33.0. The Hall–Kier alpha value is -1.66. The molecule has 154 valence electrons. The molecule has 0 fully saturated rings. The Kier molecular flexibility index (Phi) is 23.9. The van der Waals surface area contributed by atoms with Crippen LogP contribution in [-0.2, 0) is 9.59 Å². The fraction of sp³-hybridized carbons (Fsp3) is 0.700. The number of carboxylic acids is 2. The van der Waals surface area contributed by atoms with Gasteiger partial charge >= 0.3 is 11.9 Å². The fourth-order valence-corrected chi connectivity index (χ4v) is 1.64. The molecule has 0 saturated heterocycles. The second-order valence-electron chi connectivity index (χ2n) is 6.27. The Balaban J connectivity index is -0.000000364. The number of aliphatic hydroxyl groups excluding tert-OH is 1. The number of hydrogen-bond acceptors (Lipinski definition) is 4. The van der Waals surface area contributed by atoms with Crippen molar-refractivity contribution in [2.75, 3.05) is 0 Å². The van der Waals surface area contributed by atoms with E-state index in [9.17, 15) is 9.59 Å². The van der Waals surface area contributed by atoms with Crippen LogP contribution in [0.25, 0.3) is 0 Å². The van der Waals surface area contributed by atoms with Crippen molar-refractivity contribution in [1.29, 1.82) is 0 Å². The van der Waals surface area contributed by atoms with E-state index in [-0.39, 0.29) is 11.1 Å². The maximum Gasteiger partial charge on any atom is 0.330 e. The quantitative estimate of drug-likeness (QED) is 0.227. The molecule has 0 amide bonds. The second kappa shape index (κ2) is 21.4. The minimum Gasteiger partial charge on any atom is -0.478 e. The first kappa shape index (κ1) is 29.1. The average Bonchev–Trinajstić information content (AvgIpc) is 2.54. The number of rotatable bonds is 12. The summed E-state index contributed by atoms with van der Waals surface area (Å²) >= 11 is 0. The number of unbranched alkanes of at least 4 members (excludes halogenated alkanes) is 8. The molecule has 6 heteroatoms. The van der Waals surface area contributed by atoms with Gasteiger partial charge in [-0.2, -0.15) is 0 Å². The van der Waals surface area contributed by atoms with Gasteiger partial charge in [-0.15, -0.1) is 0 Å². The van der Waals surface area contributed by atoms with Crippen LogP contribution in [0.5, 0.6) is 0 Å². The molecule has 0 aromatic carbocycles. The lowest BCUT2D eigenvalue weighted by molar-refractivity contribution is -0.133. The predicted molar refractivity (Wildman–Crippen MR) is 105 cm³/mol. The molecular weight excluding hydrogens is 336 g/mol. The van der Waals surface area contributed by atoms with E-state index in [2.05, 4.69) is 20.1 Å². The first-order valence-corrected chi connectivity index (χ1v) is 9.19. The second-order valence-corrected chi connectivity index (χ2v) is 6.27. The molecule has 0 radical (unpaired) electrons. The third-order valence-electron chi connectivity index (χ3n) is 3.30. The molecule has 0 unspecified atom stereocenters. The monoisotopic (exact) mass is 374 g/mol. The molecule has 0 aliphatic rings. The Bertz CT molecular complexity index is 340. The van der Waals surface area contributed by atoms with Gasteiger partial charge in [0.05, 0.1) is 0 Å². The van der Waals surface area contributed by atoms with Gasteiger partial charge in [-0.1, -0.05) is 71.4 Å². The van der Waals surface area contributed by atoms with Crippen molar-refractivity contribution >= 4 is 11.9 Å². The van der Waals surface area contributed by atoms with E-state index in [1.54, 1.807) is 0 Å². The molecule has 0 spiro atoms. The predicted octanol–water partition coefficient (Wildman–Crippen LogP) is 4.51. The standard InChI is InChI=1S/C12H26O2.2C4H6O2/c1-2-3-4-5-6-7-8-9-10-11-12(13)14;2*1-3(2)4(5)6/h12-14H,2-11H2,1H3;2*1H2,2H3,(H,5,6). The van der Waals surface area contributed by atoms with Gasteiger partial charge in [0.15, 0.2) is 6.29 Å². The van der Waals surface area contributed by atoms with Gasteiger partial charge < -0.3 is 20.4 Å². The summed E-state index contributed by atoms with van der Waals surface area (Å²) in [6.45, 7) is 11.4. The maximum atomic E-state index is 9.60. The summed E-state index contributed by atoms with van der Waals surface area (Å²) in [5.74, 6) is -1.87. The zero-order chi connectivity index (χ0) is 21.0. The number of aliphatic carboxylic acids is 2. The molecule has 0 rings (SSSR count). The SMILES string of the molecule is C=C(C)C(=O)O.C=C(C)C(=O)O.CCCCCCCCCCCC(O)O. The summed E-state index contributed by atoms with van der Waals surface area (Å²) in [5.41, 5.74) is 0.352. The summed E-state index contributed by atoms with van der Waals surface area (Å²) in [7, 11) is 0. The van der Waals surface area contributed by atoms with Gasteiger partial charge in [0.1, 0.15) is 0 Å². The Morgan fingerprint density at radius 1 is 0.731 bits per heavy atom. The van der Waals surface area contributed by atoms with Crippen molar-refractivity contribution in [2.45, 2.75) is 91.3 Å². The van der Waals surface area contributed by atoms with Gasteiger partial charge in [0.25, 0.3) is 0 Å². The summed E-state index contributed by atoms with van der Waals surface area (Å²) in [6.07, 6.45) is 10.9. The average molecular weight is 375 g/mol. The Labute approximate surface area is 158 Å². The normalized spacial score (nSPS) is 9.46. The van der Waals surface area contributed by atoms with Crippen LogP contribution in [0.3, 0.4) is 0 Å². The molecular formula is C20H38O6. The van der Waals surface area contributed by atoms with Gasteiger partial charge in [-0.05, 0) is 26.7 Å². The highest BCUT2D eigenvalue weighted by Crippen LogP contribution is 2.10. The highest BCUT2D eigenvalue weighted by Gasteiger charge is 1.96. The fourth-order valence-electron chi connectivity index (χ4n) is 1.64. The van der Waals surface area contributed by atoms with Crippen LogP contribution >= 0.6 is 0 Å². The molecule has 26 heavy (non-hydrogen) atoms. The van der Waals surface area contributed by atoms with E-state index in [0.29, 0.717) is 6.42 Å². The lowest BCUT2D eigenvalue weighted by Gasteiger charge is -2.03. The minimum absolute atomic E-state index is 0.176. The van der Waals surface area contributed by atoms with Gasteiger partial charge in [0, 0.05) is 11.1 Å². The van der Waals surface area contributed by atoms with Crippen molar-refractivity contribution in [3.63, 3.8) is 0 Å². The highest BCUT2D eigenvalue weighted by atomic mass is 16.5. The first-order chi connectivity index (χ1) is 12.1. The summed E-state index contributed by atoms with van der Waals surface area (Å²) in [4.78, 5) is 19.2. The van der Waals surface area contributed by atoms with Crippen LogP contribution in [0.1, 0.15) is 85.0 Å². The zero-order valence-electron chi connectivity index (χ0n) is 16.7. The summed E-state index contributed by atoms with van der Waals surface area (Å²) < 4.78 is 0. The van der Waals surface area contributed by atoms with Crippen molar-refractivity contribution in [2.24, 2.45) is 0 Å². The smallest absolute Gasteiger partial charge is 0.330 e. The topological polar surface area (TPSA) is 115 Å². The van der Waals surface area contributed by atoms with Gasteiger partial charge in [-0.3, -0.25) is 0 Å². The van der Waals surface area contributed by atoms with Crippen LogP contribution in [0.4, 0.5) is 0 Å². The van der Waals surface area contributed by atoms with Crippen molar-refractivity contribution in [3.8, 4) is 0 Å². The number of carbonyl (C=O) groups is 2. The molecule has 0 bridgehead atoms. The molecule has 0 aromatic heterocycles. The van der Waals surface area contributed by atoms with Crippen LogP contribution in [0.15, 0.2) is 24.3 Å². The van der Waals surface area contributed by atoms with Crippen LogP contribution in [0.2, 0.25) is 0 Å². The third kappa shape index (κ3) is 33.8. The highest BCUT2D eigenvalue weighted by molar-refractivity contribution is 5.85. The van der Waals surface area contributed by atoms with E-state index >= 15 is 0 Å². The summed E-state index contributed by atoms with van der Waals surface area (Å²) in [6, 6.07) is 0. The molecule has 4 N–H and O–H groups in total. The molecule has 0 aromatic rings.